The highest BCUT2D eigenvalue weighted by Gasteiger charge is 2.51. The van der Waals surface area contributed by atoms with Gasteiger partial charge in [-0.05, 0) is 18.8 Å². The number of imidazole rings is 1. The molecule has 4 N–H and O–H groups in total. The zero-order chi connectivity index (χ0) is 19.8. The lowest BCUT2D eigenvalue weighted by molar-refractivity contribution is -0.168. The van der Waals surface area contributed by atoms with Gasteiger partial charge in [-0.25, -0.2) is 15.0 Å². The van der Waals surface area contributed by atoms with Gasteiger partial charge >= 0.3 is 5.97 Å². The smallest absolute Gasteiger partial charge is 0.305 e. The van der Waals surface area contributed by atoms with Gasteiger partial charge in [-0.3, -0.25) is 9.36 Å². The lowest BCUT2D eigenvalue weighted by Gasteiger charge is -2.30. The van der Waals surface area contributed by atoms with Crippen LogP contribution >= 0.6 is 0 Å². The van der Waals surface area contributed by atoms with Gasteiger partial charge in [0, 0.05) is 6.42 Å². The molecule has 0 aromatic carbocycles. The van der Waals surface area contributed by atoms with Gasteiger partial charge in [0.05, 0.1) is 6.33 Å². The zero-order valence-electron chi connectivity index (χ0n) is 15.6. The average Bonchev–Trinajstić information content (AvgIpc) is 3.42. The summed E-state index contributed by atoms with van der Waals surface area (Å²) in [5.74, 6) is -0.0353. The first-order valence-corrected chi connectivity index (χ1v) is 9.65. The molecule has 10 nitrogen and oxygen atoms in total. The number of aromatic nitrogens is 4. The first-order chi connectivity index (χ1) is 13.5. The maximum Gasteiger partial charge on any atom is 0.305 e. The molecule has 1 saturated carbocycles. The Hall–Kier alpha value is -2.30. The molecule has 0 bridgehead atoms. The second-order valence-electron chi connectivity index (χ2n) is 7.41. The normalized spacial score (nSPS) is 29.4. The summed E-state index contributed by atoms with van der Waals surface area (Å²) in [6.07, 6.45) is 2.04. The number of carbonyl (C=O) groups excluding carboxylic acids is 1. The lowest BCUT2D eigenvalue weighted by Crippen LogP contribution is -2.44. The third-order valence-electron chi connectivity index (χ3n) is 5.68. The number of aliphatic hydroxyl groups is 2. The van der Waals surface area contributed by atoms with Crippen molar-refractivity contribution in [2.75, 3.05) is 5.73 Å². The summed E-state index contributed by atoms with van der Waals surface area (Å²) in [5.41, 5.74) is 6.61. The van der Waals surface area contributed by atoms with E-state index in [1.54, 1.807) is 6.92 Å². The Balaban J connectivity index is 1.63. The van der Waals surface area contributed by atoms with Crippen LogP contribution in [-0.2, 0) is 14.3 Å². The highest BCUT2D eigenvalue weighted by molar-refractivity contribution is 5.81. The maximum absolute atomic E-state index is 12.0. The number of nitrogens with two attached hydrogens (primary N) is 1. The molecule has 1 aliphatic carbocycles. The number of hydrogen-bond donors (Lipinski definition) is 3. The molecule has 28 heavy (non-hydrogen) atoms. The number of fused-ring (bicyclic) bond motifs is 1. The number of rotatable bonds is 5. The zero-order valence-corrected chi connectivity index (χ0v) is 15.6. The highest BCUT2D eigenvalue weighted by Crippen LogP contribution is 2.39. The van der Waals surface area contributed by atoms with E-state index in [1.165, 1.54) is 17.2 Å². The van der Waals surface area contributed by atoms with Crippen molar-refractivity contribution in [1.29, 1.82) is 0 Å². The number of ether oxygens (including phenoxy) is 2. The quantitative estimate of drug-likeness (QED) is 0.621. The predicted molar refractivity (Wildman–Crippen MR) is 97.8 cm³/mol. The van der Waals surface area contributed by atoms with E-state index in [0.717, 1.165) is 25.7 Å². The van der Waals surface area contributed by atoms with Gasteiger partial charge in [0.1, 0.15) is 36.3 Å². The van der Waals surface area contributed by atoms with Crippen molar-refractivity contribution in [3.8, 4) is 0 Å². The molecule has 2 fully saturated rings. The summed E-state index contributed by atoms with van der Waals surface area (Å²) >= 11 is 0. The number of nitrogen functional groups attached to an aromatic ring is 1. The topological polar surface area (TPSA) is 146 Å². The molecule has 1 aliphatic heterocycles. The summed E-state index contributed by atoms with van der Waals surface area (Å²) in [5, 5.41) is 21.4. The molecule has 2 aliphatic rings. The third-order valence-corrected chi connectivity index (χ3v) is 5.68. The number of carbonyl (C=O) groups is 1. The molecular weight excluding hydrogens is 366 g/mol. The Kier molecular flexibility index (Phi) is 5.17. The van der Waals surface area contributed by atoms with Gasteiger partial charge in [0.2, 0.25) is 0 Å². The van der Waals surface area contributed by atoms with Crippen LogP contribution in [0, 0.1) is 5.92 Å². The molecule has 3 heterocycles. The van der Waals surface area contributed by atoms with Crippen LogP contribution in [0.3, 0.4) is 0 Å². The van der Waals surface area contributed by atoms with E-state index in [9.17, 15) is 15.0 Å². The molecule has 5 atom stereocenters. The Morgan fingerprint density at radius 1 is 1.32 bits per heavy atom. The van der Waals surface area contributed by atoms with Crippen molar-refractivity contribution in [3.05, 3.63) is 12.7 Å². The molecule has 0 spiro atoms. The highest BCUT2D eigenvalue weighted by atomic mass is 16.6. The minimum atomic E-state index is -1.23. The van der Waals surface area contributed by atoms with E-state index in [2.05, 4.69) is 15.0 Å². The first kappa shape index (κ1) is 19.0. The molecular formula is C18H25N5O5. The molecule has 2 aromatic rings. The summed E-state index contributed by atoms with van der Waals surface area (Å²) < 4.78 is 13.2. The second-order valence-corrected chi connectivity index (χ2v) is 7.41. The van der Waals surface area contributed by atoms with Gasteiger partial charge in [-0.15, -0.1) is 0 Å². The van der Waals surface area contributed by atoms with E-state index >= 15 is 0 Å². The van der Waals surface area contributed by atoms with Gasteiger partial charge in [0.25, 0.3) is 0 Å². The average molecular weight is 391 g/mol. The third kappa shape index (κ3) is 3.21. The molecule has 2 aromatic heterocycles. The van der Waals surface area contributed by atoms with Crippen molar-refractivity contribution in [1.82, 2.24) is 19.5 Å². The van der Waals surface area contributed by atoms with Crippen LogP contribution in [0.25, 0.3) is 11.2 Å². The van der Waals surface area contributed by atoms with E-state index in [0.29, 0.717) is 11.2 Å². The minimum absolute atomic E-state index is 0.0959. The minimum Gasteiger partial charge on any atom is -0.459 e. The maximum atomic E-state index is 12.0. The Morgan fingerprint density at radius 3 is 2.79 bits per heavy atom. The lowest BCUT2D eigenvalue weighted by atomic mass is 9.92. The first-order valence-electron chi connectivity index (χ1n) is 9.65. The number of nitrogens with zero attached hydrogens (tertiary/aromatic N) is 4. The molecule has 10 heteroatoms. The monoisotopic (exact) mass is 391 g/mol. The fourth-order valence-electron chi connectivity index (χ4n) is 4.20. The summed E-state index contributed by atoms with van der Waals surface area (Å²) in [6, 6.07) is 0. The second kappa shape index (κ2) is 7.61. The Labute approximate surface area is 161 Å². The van der Waals surface area contributed by atoms with E-state index in [4.69, 9.17) is 15.2 Å². The predicted octanol–water partition coefficient (Wildman–Crippen LogP) is 0.540. The SMILES string of the molecule is CCC(=O)OC(C1CCCC1)[C@H]1O[C@@H](n2cnc3c(N)ncnc32)[C@H](O)[C@@H]1O. The van der Waals surface area contributed by atoms with Crippen LogP contribution in [-0.4, -0.2) is 60.1 Å². The van der Waals surface area contributed by atoms with E-state index in [1.807, 2.05) is 0 Å². The van der Waals surface area contributed by atoms with Crippen LogP contribution in [0.4, 0.5) is 5.82 Å². The van der Waals surface area contributed by atoms with Crippen molar-refractivity contribution < 1.29 is 24.5 Å². The number of hydrogen-bond acceptors (Lipinski definition) is 9. The van der Waals surface area contributed by atoms with E-state index in [-0.39, 0.29) is 24.1 Å². The Morgan fingerprint density at radius 2 is 2.07 bits per heavy atom. The van der Waals surface area contributed by atoms with Gasteiger partial charge in [0.15, 0.2) is 17.7 Å². The van der Waals surface area contributed by atoms with Crippen LogP contribution in [0.1, 0.15) is 45.3 Å². The molecule has 0 radical (unpaired) electrons. The molecule has 1 unspecified atom stereocenters. The summed E-state index contributed by atoms with van der Waals surface area (Å²) in [6.45, 7) is 1.72. The number of anilines is 1. The van der Waals surface area contributed by atoms with Crippen molar-refractivity contribution in [2.24, 2.45) is 5.92 Å². The van der Waals surface area contributed by atoms with Crippen molar-refractivity contribution >= 4 is 23.0 Å². The van der Waals surface area contributed by atoms with Crippen molar-refractivity contribution in [3.63, 3.8) is 0 Å². The van der Waals surface area contributed by atoms with Crippen LogP contribution in [0.15, 0.2) is 12.7 Å². The fraction of sp³-hybridized carbons (Fsp3) is 0.667. The summed E-state index contributed by atoms with van der Waals surface area (Å²) in [7, 11) is 0. The van der Waals surface area contributed by atoms with E-state index < -0.39 is 30.6 Å². The van der Waals surface area contributed by atoms with Crippen molar-refractivity contribution in [2.45, 2.75) is 69.7 Å². The number of aliphatic hydroxyl groups excluding tert-OH is 2. The molecule has 1 saturated heterocycles. The van der Waals surface area contributed by atoms with Crippen LogP contribution in [0.2, 0.25) is 0 Å². The largest absolute Gasteiger partial charge is 0.459 e. The van der Waals surface area contributed by atoms with Crippen LogP contribution < -0.4 is 5.73 Å². The summed E-state index contributed by atoms with van der Waals surface area (Å²) in [4.78, 5) is 24.2. The number of esters is 1. The molecule has 0 amide bonds. The fourth-order valence-corrected chi connectivity index (χ4v) is 4.20. The standard InChI is InChI=1S/C18H25N5O5/c1-2-10(24)27-14(9-5-3-4-6-9)15-12(25)13(26)18(28-15)23-8-22-11-16(19)20-7-21-17(11)23/h7-9,12-15,18,25-26H,2-6H2,1H3,(H2,19,20,21)/t12-,13+,14?,15-,18+/m0/s1. The van der Waals surface area contributed by atoms with Gasteiger partial charge in [-0.2, -0.15) is 0 Å². The van der Waals surface area contributed by atoms with Crippen LogP contribution in [0.5, 0.6) is 0 Å². The van der Waals surface area contributed by atoms with Gasteiger partial charge in [-0.1, -0.05) is 19.8 Å². The Bertz CT molecular complexity index is 852. The molecule has 152 valence electrons. The molecule has 4 rings (SSSR count). The van der Waals surface area contributed by atoms with Gasteiger partial charge < -0.3 is 25.4 Å².